The van der Waals surface area contributed by atoms with Gasteiger partial charge in [-0.05, 0) is 49.4 Å². The minimum Gasteiger partial charge on any atom is -0.480 e. The number of nitrogens with one attached hydrogen (secondary N) is 1. The number of carbonyl (C=O) groups excluding carboxylic acids is 1. The van der Waals surface area contributed by atoms with Crippen molar-refractivity contribution in [2.45, 2.75) is 11.9 Å². The summed E-state index contributed by atoms with van der Waals surface area (Å²) in [5.41, 5.74) is 0.997. The van der Waals surface area contributed by atoms with Crippen LogP contribution in [-0.4, -0.2) is 25.9 Å². The number of nitrogens with two attached hydrogens (primary N) is 1. The predicted molar refractivity (Wildman–Crippen MR) is 123 cm³/mol. The Morgan fingerprint density at radius 2 is 2.00 bits per heavy atom. The van der Waals surface area contributed by atoms with E-state index >= 15 is 0 Å². The highest BCUT2D eigenvalue weighted by molar-refractivity contribution is 7.89. The van der Waals surface area contributed by atoms with Crippen LogP contribution in [0.3, 0.4) is 0 Å². The number of ether oxygens (including phenoxy) is 2. The third-order valence-electron chi connectivity index (χ3n) is 4.27. The Labute approximate surface area is 200 Å². The summed E-state index contributed by atoms with van der Waals surface area (Å²) in [6.07, 6.45) is 0. The molecule has 0 aliphatic carbocycles. The molecule has 1 aromatic heterocycles. The number of hydrogen-bond acceptors (Lipinski definition) is 7. The van der Waals surface area contributed by atoms with Gasteiger partial charge in [0.05, 0.1) is 24.0 Å². The van der Waals surface area contributed by atoms with Gasteiger partial charge in [-0.25, -0.2) is 23.4 Å². The number of rotatable bonds is 7. The van der Waals surface area contributed by atoms with Crippen molar-refractivity contribution < 1.29 is 22.7 Å². The molecule has 0 spiro atoms. The van der Waals surface area contributed by atoms with Gasteiger partial charge >= 0.3 is 0 Å². The van der Waals surface area contributed by atoms with Crippen molar-refractivity contribution in [2.75, 3.05) is 11.9 Å². The molecule has 3 rings (SSSR count). The monoisotopic (exact) mass is 497 g/mol. The van der Waals surface area contributed by atoms with E-state index in [2.05, 4.69) is 15.1 Å². The zero-order valence-corrected chi connectivity index (χ0v) is 19.1. The molecule has 1 heterocycles. The van der Waals surface area contributed by atoms with Crippen LogP contribution in [0.2, 0.25) is 5.02 Å². The molecule has 0 aliphatic rings. The molecule has 0 unspecified atom stereocenters. The maximum atomic E-state index is 12.4. The lowest BCUT2D eigenvalue weighted by atomic mass is 10.2. The van der Waals surface area contributed by atoms with E-state index in [9.17, 15) is 13.2 Å². The van der Waals surface area contributed by atoms with E-state index in [0.717, 1.165) is 0 Å². The highest BCUT2D eigenvalue weighted by Gasteiger charge is 2.15. The van der Waals surface area contributed by atoms with E-state index in [1.165, 1.54) is 55.5 Å². The summed E-state index contributed by atoms with van der Waals surface area (Å²) >= 11 is 6.06. The van der Waals surface area contributed by atoms with Crippen LogP contribution in [0.1, 0.15) is 11.3 Å². The van der Waals surface area contributed by atoms with E-state index in [0.29, 0.717) is 5.02 Å². The van der Waals surface area contributed by atoms with Crippen LogP contribution in [0.4, 0.5) is 11.4 Å². The van der Waals surface area contributed by atoms with E-state index in [1.54, 1.807) is 0 Å². The second-order valence-electron chi connectivity index (χ2n) is 6.80. The number of anilines is 1. The van der Waals surface area contributed by atoms with Crippen LogP contribution in [0, 0.1) is 24.8 Å². The number of benzene rings is 2. The first-order chi connectivity index (χ1) is 16.1. The van der Waals surface area contributed by atoms with Crippen LogP contribution in [0.15, 0.2) is 53.6 Å². The molecule has 12 heteroatoms. The average molecular weight is 498 g/mol. The number of pyridine rings is 1. The number of halogens is 1. The molecule has 172 valence electrons. The van der Waals surface area contributed by atoms with Crippen LogP contribution < -0.4 is 19.9 Å². The molecular formula is C22H16ClN5O5S. The van der Waals surface area contributed by atoms with Crippen LogP contribution in [0.5, 0.6) is 17.2 Å². The number of primary sulfonamides is 1. The number of carbonyl (C=O) groups is 1. The Morgan fingerprint density at radius 3 is 2.65 bits per heavy atom. The van der Waals surface area contributed by atoms with Crippen molar-refractivity contribution in [1.29, 1.82) is 5.26 Å². The zero-order valence-electron chi connectivity index (χ0n) is 17.6. The standard InChI is InChI=1S/C22H16ClN5O5S/c1-13-18(4-6-22(27-13)34(25,30)31)28-21(29)12-32-19-5-3-15(23)9-20(19)33-17-8-14(11-24)7-16(10-17)26-2/h3-10H,12H2,1H3,(H,28,29)(H2,25,30,31). The summed E-state index contributed by atoms with van der Waals surface area (Å²) in [4.78, 5) is 19.6. The van der Waals surface area contributed by atoms with Crippen molar-refractivity contribution in [3.05, 3.63) is 76.2 Å². The van der Waals surface area contributed by atoms with Crippen molar-refractivity contribution >= 4 is 38.9 Å². The molecule has 1 amide bonds. The summed E-state index contributed by atoms with van der Waals surface area (Å²) in [5, 5.41) is 16.8. The first-order valence-electron chi connectivity index (χ1n) is 9.42. The van der Waals surface area contributed by atoms with Gasteiger partial charge < -0.3 is 14.8 Å². The third-order valence-corrected chi connectivity index (χ3v) is 5.31. The molecule has 34 heavy (non-hydrogen) atoms. The molecule has 0 radical (unpaired) electrons. The molecule has 0 atom stereocenters. The van der Waals surface area contributed by atoms with Gasteiger partial charge in [0.1, 0.15) is 5.75 Å². The number of nitriles is 1. The lowest BCUT2D eigenvalue weighted by Gasteiger charge is -2.14. The fourth-order valence-corrected chi connectivity index (χ4v) is 3.42. The Bertz CT molecular complexity index is 1430. The molecule has 0 saturated heterocycles. The second kappa shape index (κ2) is 10.2. The van der Waals surface area contributed by atoms with E-state index in [-0.39, 0.29) is 44.9 Å². The molecule has 0 aliphatic heterocycles. The van der Waals surface area contributed by atoms with Gasteiger partial charge in [-0.15, -0.1) is 0 Å². The molecule has 0 saturated carbocycles. The van der Waals surface area contributed by atoms with Gasteiger partial charge in [0.25, 0.3) is 15.9 Å². The van der Waals surface area contributed by atoms with Gasteiger partial charge in [-0.1, -0.05) is 11.6 Å². The normalized spacial score (nSPS) is 10.6. The first kappa shape index (κ1) is 24.5. The fraction of sp³-hybridized carbons (Fsp3) is 0.0909. The Kier molecular flexibility index (Phi) is 7.34. The largest absolute Gasteiger partial charge is 0.480 e. The lowest BCUT2D eigenvalue weighted by molar-refractivity contribution is -0.118. The number of sulfonamides is 1. The first-order valence-corrected chi connectivity index (χ1v) is 11.3. The summed E-state index contributed by atoms with van der Waals surface area (Å²) in [7, 11) is -3.97. The van der Waals surface area contributed by atoms with E-state index in [1.807, 2.05) is 6.07 Å². The Balaban J connectivity index is 1.74. The second-order valence-corrected chi connectivity index (χ2v) is 8.74. The number of aromatic nitrogens is 1. The number of nitrogens with zero attached hydrogens (tertiary/aromatic N) is 3. The summed E-state index contributed by atoms with van der Waals surface area (Å²) in [6.45, 7) is 8.26. The van der Waals surface area contributed by atoms with Crippen molar-refractivity contribution in [3.8, 4) is 23.3 Å². The highest BCUT2D eigenvalue weighted by atomic mass is 35.5. The Morgan fingerprint density at radius 1 is 1.24 bits per heavy atom. The van der Waals surface area contributed by atoms with Gasteiger partial charge in [0.15, 0.2) is 28.8 Å². The molecular weight excluding hydrogens is 482 g/mol. The van der Waals surface area contributed by atoms with Gasteiger partial charge in [-0.2, -0.15) is 5.26 Å². The smallest absolute Gasteiger partial charge is 0.262 e. The van der Waals surface area contributed by atoms with Crippen LogP contribution in [0.25, 0.3) is 4.85 Å². The number of amides is 1. The fourth-order valence-electron chi connectivity index (χ4n) is 2.74. The molecule has 10 nitrogen and oxygen atoms in total. The summed E-state index contributed by atoms with van der Waals surface area (Å²) in [6, 6.07) is 13.3. The lowest BCUT2D eigenvalue weighted by Crippen LogP contribution is -2.21. The number of aryl methyl sites for hydroxylation is 1. The highest BCUT2D eigenvalue weighted by Crippen LogP contribution is 2.36. The quantitative estimate of drug-likeness (QED) is 0.469. The molecule has 3 N–H and O–H groups in total. The van der Waals surface area contributed by atoms with Gasteiger partial charge in [0.2, 0.25) is 0 Å². The molecule has 2 aromatic carbocycles. The molecule has 0 fully saturated rings. The van der Waals surface area contributed by atoms with E-state index in [4.69, 9.17) is 38.0 Å². The van der Waals surface area contributed by atoms with Crippen LogP contribution >= 0.6 is 11.6 Å². The number of hydrogen-bond donors (Lipinski definition) is 2. The summed E-state index contributed by atoms with van der Waals surface area (Å²) in [5.74, 6) is 0.0292. The van der Waals surface area contributed by atoms with Crippen molar-refractivity contribution in [3.63, 3.8) is 0 Å². The summed E-state index contributed by atoms with van der Waals surface area (Å²) < 4.78 is 34.1. The van der Waals surface area contributed by atoms with E-state index < -0.39 is 22.5 Å². The van der Waals surface area contributed by atoms with Crippen LogP contribution in [-0.2, 0) is 14.8 Å². The van der Waals surface area contributed by atoms with Gasteiger partial charge in [-0.3, -0.25) is 4.79 Å². The van der Waals surface area contributed by atoms with Crippen molar-refractivity contribution in [2.24, 2.45) is 5.14 Å². The average Bonchev–Trinajstić information content (AvgIpc) is 2.78. The maximum Gasteiger partial charge on any atom is 0.262 e. The molecule has 3 aromatic rings. The molecule has 0 bridgehead atoms. The predicted octanol–water partition coefficient (Wildman–Crippen LogP) is 3.92. The van der Waals surface area contributed by atoms with Crippen molar-refractivity contribution in [1.82, 2.24) is 4.98 Å². The topological polar surface area (TPSA) is 149 Å². The Hall–Kier alpha value is -4.16. The SMILES string of the molecule is [C-]#[N+]c1cc(C#N)cc(Oc2cc(Cl)ccc2OCC(=O)Nc2ccc(S(N)(=O)=O)nc2C)c1. The zero-order chi connectivity index (χ0) is 24.9. The minimum absolute atomic E-state index is 0.168. The minimum atomic E-state index is -3.97. The van der Waals surface area contributed by atoms with Gasteiger partial charge in [0, 0.05) is 16.7 Å². The maximum absolute atomic E-state index is 12.4. The third kappa shape index (κ3) is 6.21.